The quantitative estimate of drug-likeness (QED) is 0.0417. The van der Waals surface area contributed by atoms with Crippen molar-refractivity contribution in [3.63, 3.8) is 0 Å². The fraction of sp³-hybridized carbons (Fsp3) is 0.737. The fourth-order valence-electron chi connectivity index (χ4n) is 5.17. The van der Waals surface area contributed by atoms with E-state index in [9.17, 15) is 63.3 Å². The molecule has 0 rings (SSSR count). The van der Waals surface area contributed by atoms with Crippen LogP contribution in [0.25, 0.3) is 0 Å². The van der Waals surface area contributed by atoms with Crippen LogP contribution in [0.1, 0.15) is 103 Å². The molecule has 0 fully saturated rings. The monoisotopic (exact) mass is 847 g/mol. The van der Waals surface area contributed by atoms with Gasteiger partial charge in [0, 0.05) is 58.1 Å². The molecule has 0 heterocycles. The standard InChI is InChI=1S/C38H61N3O18/c1-26(42)10-13-30(37(52)53)41-33(46)15-11-27(36(50)51)23-29(44)24-58-21-20-57-18-16-39-34(47)25-59-22-19-56-17-6-7-28(43)12-14-31(38(54)55)40-32(45)8-4-2-3-5-9-35(48)49/h27,30-31H,2-25H2,1H3,(H,39,47)(H,40,45)(H,41,46)(H,48,49)(H,50,51)(H,52,53)(H,54,55)/t27-,30+,31+/m1/s1. The van der Waals surface area contributed by atoms with Gasteiger partial charge in [0.2, 0.25) is 17.7 Å². The second kappa shape index (κ2) is 34.0. The van der Waals surface area contributed by atoms with E-state index in [2.05, 4.69) is 16.0 Å². The Kier molecular flexibility index (Phi) is 31.2. The summed E-state index contributed by atoms with van der Waals surface area (Å²) in [7, 11) is 0. The highest BCUT2D eigenvalue weighted by Gasteiger charge is 2.25. The Morgan fingerprint density at radius 2 is 1.02 bits per heavy atom. The number of hydrogen-bond donors (Lipinski definition) is 7. The average molecular weight is 848 g/mol. The Balaban J connectivity index is 3.92. The molecule has 0 spiro atoms. The highest BCUT2D eigenvalue weighted by molar-refractivity contribution is 5.87. The molecule has 0 aromatic rings. The van der Waals surface area contributed by atoms with Gasteiger partial charge in [0.05, 0.1) is 39.0 Å². The summed E-state index contributed by atoms with van der Waals surface area (Å²) in [5, 5.41) is 43.9. The van der Waals surface area contributed by atoms with Crippen molar-refractivity contribution in [3.8, 4) is 0 Å². The van der Waals surface area contributed by atoms with E-state index in [4.69, 9.17) is 24.1 Å². The van der Waals surface area contributed by atoms with Gasteiger partial charge in [0.15, 0.2) is 5.78 Å². The molecule has 3 atom stereocenters. The highest BCUT2D eigenvalue weighted by Crippen LogP contribution is 2.13. The number of carbonyl (C=O) groups is 10. The molecule has 21 nitrogen and oxygen atoms in total. The molecular formula is C38H61N3O18. The van der Waals surface area contributed by atoms with Crippen LogP contribution in [0.15, 0.2) is 0 Å². The van der Waals surface area contributed by atoms with Crippen molar-refractivity contribution < 1.29 is 87.3 Å². The third kappa shape index (κ3) is 32.8. The molecule has 336 valence electrons. The first-order chi connectivity index (χ1) is 28.0. The van der Waals surface area contributed by atoms with E-state index in [1.165, 1.54) is 6.92 Å². The summed E-state index contributed by atoms with van der Waals surface area (Å²) in [4.78, 5) is 116. The Hall–Kier alpha value is -4.86. The van der Waals surface area contributed by atoms with Crippen LogP contribution >= 0.6 is 0 Å². The molecule has 0 aliphatic rings. The third-order valence-corrected chi connectivity index (χ3v) is 8.40. The summed E-state index contributed by atoms with van der Waals surface area (Å²) in [5.41, 5.74) is 0. The van der Waals surface area contributed by atoms with Crippen molar-refractivity contribution >= 4 is 58.9 Å². The molecule has 0 aliphatic carbocycles. The summed E-state index contributed by atoms with van der Waals surface area (Å²) in [6.07, 6.45) is 1.90. The van der Waals surface area contributed by atoms with E-state index in [1.54, 1.807) is 0 Å². The molecule has 0 saturated carbocycles. The second-order valence-electron chi connectivity index (χ2n) is 13.6. The molecule has 0 bridgehead atoms. The van der Waals surface area contributed by atoms with Crippen LogP contribution in [-0.2, 0) is 66.9 Å². The van der Waals surface area contributed by atoms with Crippen LogP contribution in [0.2, 0.25) is 0 Å². The van der Waals surface area contributed by atoms with Crippen LogP contribution in [0.3, 0.4) is 0 Å². The van der Waals surface area contributed by atoms with E-state index < -0.39 is 71.8 Å². The minimum absolute atomic E-state index is 0.0145. The molecule has 7 N–H and O–H groups in total. The van der Waals surface area contributed by atoms with Crippen molar-refractivity contribution in [3.05, 3.63) is 0 Å². The molecule has 0 radical (unpaired) electrons. The van der Waals surface area contributed by atoms with Crippen molar-refractivity contribution in [2.24, 2.45) is 5.92 Å². The summed E-state index contributed by atoms with van der Waals surface area (Å²) in [5.74, 6) is -8.40. The maximum atomic E-state index is 12.2. The van der Waals surface area contributed by atoms with Gasteiger partial charge in [0.25, 0.3) is 0 Å². The number of carboxylic acid groups (broad SMARTS) is 4. The minimum atomic E-state index is -1.32. The zero-order valence-electron chi connectivity index (χ0n) is 33.7. The molecule has 0 aromatic heterocycles. The Labute approximate surface area is 342 Å². The number of nitrogens with one attached hydrogen (secondary N) is 3. The van der Waals surface area contributed by atoms with E-state index in [1.807, 2.05) is 0 Å². The first-order valence-electron chi connectivity index (χ1n) is 19.6. The molecule has 0 aliphatic heterocycles. The first-order valence-corrected chi connectivity index (χ1v) is 19.6. The molecule has 21 heteroatoms. The van der Waals surface area contributed by atoms with Crippen LogP contribution in [0.5, 0.6) is 0 Å². The summed E-state index contributed by atoms with van der Waals surface area (Å²) in [6.45, 7) is 1.61. The minimum Gasteiger partial charge on any atom is -0.481 e. The Morgan fingerprint density at radius 1 is 0.475 bits per heavy atom. The lowest BCUT2D eigenvalue weighted by molar-refractivity contribution is -0.145. The van der Waals surface area contributed by atoms with Gasteiger partial charge in [-0.2, -0.15) is 0 Å². The second-order valence-corrected chi connectivity index (χ2v) is 13.6. The normalized spacial score (nSPS) is 12.4. The largest absolute Gasteiger partial charge is 0.481 e. The van der Waals surface area contributed by atoms with E-state index in [0.717, 1.165) is 0 Å². The van der Waals surface area contributed by atoms with Gasteiger partial charge in [-0.3, -0.25) is 33.6 Å². The number of ether oxygens (including phenoxy) is 4. The fourth-order valence-corrected chi connectivity index (χ4v) is 5.17. The first kappa shape index (κ1) is 54.1. The number of rotatable bonds is 40. The van der Waals surface area contributed by atoms with Gasteiger partial charge < -0.3 is 60.1 Å². The number of carbonyl (C=O) groups excluding carboxylic acids is 6. The van der Waals surface area contributed by atoms with E-state index >= 15 is 0 Å². The van der Waals surface area contributed by atoms with E-state index in [-0.39, 0.29) is 129 Å². The zero-order valence-corrected chi connectivity index (χ0v) is 33.7. The van der Waals surface area contributed by atoms with E-state index in [0.29, 0.717) is 32.1 Å². The molecule has 0 saturated heterocycles. The lowest BCUT2D eigenvalue weighted by Gasteiger charge is -2.15. The number of amides is 3. The van der Waals surface area contributed by atoms with Gasteiger partial charge in [-0.1, -0.05) is 12.8 Å². The average Bonchev–Trinajstić information content (AvgIpc) is 3.16. The summed E-state index contributed by atoms with van der Waals surface area (Å²) in [6, 6.07) is -2.48. The summed E-state index contributed by atoms with van der Waals surface area (Å²) < 4.78 is 21.2. The highest BCUT2D eigenvalue weighted by atomic mass is 16.5. The summed E-state index contributed by atoms with van der Waals surface area (Å²) >= 11 is 0. The predicted molar refractivity (Wildman–Crippen MR) is 204 cm³/mol. The van der Waals surface area contributed by atoms with Gasteiger partial charge in [-0.05, 0) is 45.4 Å². The number of carboxylic acids is 4. The van der Waals surface area contributed by atoms with Gasteiger partial charge >= 0.3 is 23.9 Å². The van der Waals surface area contributed by atoms with Crippen LogP contribution in [0.4, 0.5) is 0 Å². The Bertz CT molecular complexity index is 1360. The smallest absolute Gasteiger partial charge is 0.326 e. The number of hydrogen-bond acceptors (Lipinski definition) is 14. The Morgan fingerprint density at radius 3 is 1.59 bits per heavy atom. The van der Waals surface area contributed by atoms with Crippen molar-refractivity contribution in [2.45, 2.75) is 115 Å². The SMILES string of the molecule is CC(=O)CC[C@H](NC(=O)CC[C@H](CC(=O)COCCOCCNC(=O)COCCOCCCC(=O)CC[C@H](NC(=O)CCCCCCC(=O)O)C(=O)O)C(=O)O)C(=O)O. The number of aliphatic carboxylic acids is 4. The lowest BCUT2D eigenvalue weighted by atomic mass is 9.97. The van der Waals surface area contributed by atoms with Crippen LogP contribution in [-0.4, -0.2) is 151 Å². The van der Waals surface area contributed by atoms with Gasteiger partial charge in [0.1, 0.15) is 36.9 Å². The number of ketones is 3. The van der Waals surface area contributed by atoms with Crippen molar-refractivity contribution in [1.82, 2.24) is 16.0 Å². The zero-order chi connectivity index (χ0) is 44.4. The van der Waals surface area contributed by atoms with Crippen LogP contribution in [0, 0.1) is 5.92 Å². The lowest BCUT2D eigenvalue weighted by Crippen LogP contribution is -2.41. The molecule has 0 aromatic carbocycles. The van der Waals surface area contributed by atoms with Crippen molar-refractivity contribution in [2.75, 3.05) is 59.4 Å². The maximum absolute atomic E-state index is 12.2. The van der Waals surface area contributed by atoms with Gasteiger partial charge in [-0.15, -0.1) is 0 Å². The maximum Gasteiger partial charge on any atom is 0.326 e. The number of Topliss-reactive ketones (excluding diaryl/α,β-unsaturated/α-hetero) is 3. The topological polar surface area (TPSA) is 325 Å². The molecule has 59 heavy (non-hydrogen) atoms. The third-order valence-electron chi connectivity index (χ3n) is 8.40. The molecule has 0 unspecified atom stereocenters. The van der Waals surface area contributed by atoms with Crippen molar-refractivity contribution in [1.29, 1.82) is 0 Å². The predicted octanol–water partition coefficient (Wildman–Crippen LogP) is 0.672. The number of unbranched alkanes of at least 4 members (excludes halogenated alkanes) is 3. The van der Waals surface area contributed by atoms with Crippen LogP contribution < -0.4 is 16.0 Å². The molecule has 3 amide bonds. The van der Waals surface area contributed by atoms with Gasteiger partial charge in [-0.25, -0.2) is 9.59 Å². The molecular weight excluding hydrogens is 786 g/mol.